The van der Waals surface area contributed by atoms with E-state index < -0.39 is 4.38 Å². The normalized spacial score (nSPS) is 17.5. The Balaban J connectivity index is 3.25. The number of hydrogen-bond donors (Lipinski definition) is 0. The summed E-state index contributed by atoms with van der Waals surface area (Å²) >= 11 is 1.79. The van der Waals surface area contributed by atoms with Crippen molar-refractivity contribution in [3.05, 3.63) is 0 Å². The van der Waals surface area contributed by atoms with Gasteiger partial charge in [0.05, 0.1) is 0 Å². The third kappa shape index (κ3) is 12.7. The largest absolute Gasteiger partial charge is 0.0864 e. The Morgan fingerprint density at radius 2 is 1.38 bits per heavy atom. The van der Waals surface area contributed by atoms with E-state index >= 15 is 0 Å². The molecule has 0 aromatic carbocycles. The molecular weight excluding hydrogens is 271 g/mol. The van der Waals surface area contributed by atoms with Crippen LogP contribution in [-0.2, 0) is 0 Å². The Kier molecular flexibility index (Phi) is 8.81. The van der Waals surface area contributed by atoms with Crippen LogP contribution < -0.4 is 0 Å². The Labute approximate surface area is 102 Å². The number of hydrogen-bond acceptors (Lipinski definition) is 0. The molecule has 0 heterocycles. The highest BCUT2D eigenvalue weighted by Crippen LogP contribution is 2.10. The molecule has 0 saturated carbocycles. The summed E-state index contributed by atoms with van der Waals surface area (Å²) in [5, 5.41) is 0. The molecule has 0 spiro atoms. The van der Waals surface area contributed by atoms with Crippen LogP contribution in [0.15, 0.2) is 0 Å². The molecule has 0 bridgehead atoms. The summed E-state index contributed by atoms with van der Waals surface area (Å²) in [5.74, 6) is 0. The fourth-order valence-electron chi connectivity index (χ4n) is 1.40. The van der Waals surface area contributed by atoms with Crippen molar-refractivity contribution in [2.24, 2.45) is 0 Å². The van der Waals surface area contributed by atoms with Crippen LogP contribution in [0.3, 0.4) is 0 Å². The first-order chi connectivity index (χ1) is 7.45. The van der Waals surface area contributed by atoms with Gasteiger partial charge in [-0.05, 0) is 10.8 Å². The van der Waals surface area contributed by atoms with E-state index in [1.165, 1.54) is 38.5 Å². The summed E-state index contributed by atoms with van der Waals surface area (Å²) in [7, 11) is 0. The molecule has 0 amide bonds. The number of unbranched alkanes of at least 4 members (excludes halogenated alkanes) is 6. The minimum atomic E-state index is -1.20. The molecule has 0 aliphatic rings. The van der Waals surface area contributed by atoms with Crippen LogP contribution in [0.1, 0.15) is 75.2 Å². The van der Waals surface area contributed by atoms with Gasteiger partial charge < -0.3 is 0 Å². The standard InChI is InChI=1S/C12H25I/c1-2-3-4-5-6-7-8-9-10-11-12-13/h2-12H2,1H3/i10D,12D2. The highest BCUT2D eigenvalue weighted by atomic mass is 127. The molecule has 0 saturated heterocycles. The van der Waals surface area contributed by atoms with E-state index in [0.29, 0.717) is 6.42 Å². The fourth-order valence-corrected chi connectivity index (χ4v) is 1.71. The van der Waals surface area contributed by atoms with Gasteiger partial charge in [0.2, 0.25) is 0 Å². The maximum atomic E-state index is 7.73. The molecule has 0 aliphatic heterocycles. The second-order valence-corrected chi connectivity index (χ2v) is 4.30. The zero-order chi connectivity index (χ0) is 12.4. The number of rotatable bonds is 10. The van der Waals surface area contributed by atoms with Crippen LogP contribution in [-0.4, -0.2) is 4.38 Å². The van der Waals surface area contributed by atoms with E-state index in [1.54, 1.807) is 22.6 Å². The van der Waals surface area contributed by atoms with Crippen LogP contribution >= 0.6 is 22.6 Å². The Bertz CT molecular complexity index is 157. The van der Waals surface area contributed by atoms with E-state index in [4.69, 9.17) is 4.11 Å². The van der Waals surface area contributed by atoms with E-state index in [0.717, 1.165) is 12.8 Å². The third-order valence-electron chi connectivity index (χ3n) is 2.23. The third-order valence-corrected chi connectivity index (χ3v) is 2.67. The first kappa shape index (κ1) is 8.99. The molecule has 1 atom stereocenters. The lowest BCUT2D eigenvalue weighted by Crippen LogP contribution is -1.81. The predicted molar refractivity (Wildman–Crippen MR) is 70.7 cm³/mol. The summed E-state index contributed by atoms with van der Waals surface area (Å²) < 4.78 is 21.3. The zero-order valence-corrected chi connectivity index (χ0v) is 11.0. The lowest BCUT2D eigenvalue weighted by molar-refractivity contribution is 0.563. The molecule has 0 N–H and O–H groups in total. The molecule has 0 fully saturated rings. The molecule has 0 aromatic heterocycles. The number of alkyl halides is 1. The second kappa shape index (κ2) is 12.7. The van der Waals surface area contributed by atoms with Crippen molar-refractivity contribution in [2.45, 2.75) is 71.1 Å². The molecule has 0 rings (SSSR count). The van der Waals surface area contributed by atoms with Crippen molar-refractivity contribution in [1.82, 2.24) is 0 Å². The lowest BCUT2D eigenvalue weighted by atomic mass is 10.1. The van der Waals surface area contributed by atoms with Gasteiger partial charge in [-0.25, -0.2) is 0 Å². The van der Waals surface area contributed by atoms with Crippen LogP contribution in [0.5, 0.6) is 0 Å². The molecular formula is C12H25I. The van der Waals surface area contributed by atoms with Crippen molar-refractivity contribution in [2.75, 3.05) is 4.38 Å². The fraction of sp³-hybridized carbons (Fsp3) is 1.00. The van der Waals surface area contributed by atoms with Gasteiger partial charge in [0, 0.05) is 4.11 Å². The van der Waals surface area contributed by atoms with Crippen molar-refractivity contribution in [3.63, 3.8) is 0 Å². The summed E-state index contributed by atoms with van der Waals surface area (Å²) in [6, 6.07) is 0. The highest BCUT2D eigenvalue weighted by Gasteiger charge is 1.91. The molecule has 80 valence electrons. The highest BCUT2D eigenvalue weighted by molar-refractivity contribution is 14.1. The first-order valence-corrected chi connectivity index (χ1v) is 6.64. The van der Waals surface area contributed by atoms with Crippen molar-refractivity contribution in [1.29, 1.82) is 0 Å². The Morgan fingerprint density at radius 3 is 1.92 bits per heavy atom. The molecule has 1 unspecified atom stereocenters. The van der Waals surface area contributed by atoms with Gasteiger partial charge in [0.25, 0.3) is 0 Å². The van der Waals surface area contributed by atoms with Crippen LogP contribution in [0.4, 0.5) is 0 Å². The van der Waals surface area contributed by atoms with Crippen LogP contribution in [0.2, 0.25) is 0 Å². The Morgan fingerprint density at radius 1 is 0.846 bits per heavy atom. The predicted octanol–water partition coefficient (Wildman–Crippen LogP) is 5.34. The van der Waals surface area contributed by atoms with Crippen LogP contribution in [0.25, 0.3) is 0 Å². The maximum absolute atomic E-state index is 7.73. The summed E-state index contributed by atoms with van der Waals surface area (Å²) in [5.41, 5.74) is 0. The van der Waals surface area contributed by atoms with Gasteiger partial charge in [0.1, 0.15) is 0 Å². The average molecular weight is 299 g/mol. The SMILES string of the molecule is [2H]C(CCCCCCCCC)CC([2H])([2H])I. The number of halogens is 1. The zero-order valence-electron chi connectivity index (χ0n) is 11.8. The maximum Gasteiger partial charge on any atom is 0.0377 e. The van der Waals surface area contributed by atoms with Crippen molar-refractivity contribution in [3.8, 4) is 0 Å². The van der Waals surface area contributed by atoms with E-state index in [9.17, 15) is 0 Å². The summed E-state index contributed by atoms with van der Waals surface area (Å²) in [4.78, 5) is 0. The van der Waals surface area contributed by atoms with Gasteiger partial charge >= 0.3 is 0 Å². The first-order valence-electron chi connectivity index (χ1n) is 7.14. The second-order valence-electron chi connectivity index (χ2n) is 3.54. The topological polar surface area (TPSA) is 0 Å². The van der Waals surface area contributed by atoms with Crippen LogP contribution in [0, 0.1) is 0 Å². The van der Waals surface area contributed by atoms with Crippen molar-refractivity contribution < 1.29 is 4.11 Å². The minimum Gasteiger partial charge on any atom is -0.0864 e. The summed E-state index contributed by atoms with van der Waals surface area (Å²) in [6.07, 6.45) is 9.89. The molecule has 1 heteroatoms. The van der Waals surface area contributed by atoms with Gasteiger partial charge in [-0.3, -0.25) is 0 Å². The average Bonchev–Trinajstić information content (AvgIpc) is 2.13. The van der Waals surface area contributed by atoms with E-state index in [2.05, 4.69) is 6.92 Å². The van der Waals surface area contributed by atoms with E-state index in [1.807, 2.05) is 0 Å². The van der Waals surface area contributed by atoms with Gasteiger partial charge in [-0.2, -0.15) is 0 Å². The smallest absolute Gasteiger partial charge is 0.0377 e. The minimum absolute atomic E-state index is 0.220. The van der Waals surface area contributed by atoms with Gasteiger partial charge in [0.15, 0.2) is 0 Å². The molecule has 0 nitrogen and oxygen atoms in total. The van der Waals surface area contributed by atoms with Crippen molar-refractivity contribution >= 4 is 22.6 Å². The molecule has 0 aliphatic carbocycles. The lowest BCUT2D eigenvalue weighted by Gasteiger charge is -2.00. The molecule has 0 aromatic rings. The van der Waals surface area contributed by atoms with E-state index in [-0.39, 0.29) is 6.40 Å². The summed E-state index contributed by atoms with van der Waals surface area (Å²) in [6.45, 7) is 2.22. The quantitative estimate of drug-likeness (QED) is 0.290. The van der Waals surface area contributed by atoms with Gasteiger partial charge in [-0.15, -0.1) is 0 Å². The molecule has 0 radical (unpaired) electrons. The van der Waals surface area contributed by atoms with Gasteiger partial charge in [-0.1, -0.05) is 87.3 Å². The monoisotopic (exact) mass is 299 g/mol. The Hall–Kier alpha value is 0.730. The molecule has 13 heavy (non-hydrogen) atoms.